The number of carboxylic acids is 1. The number of likely N-dealkylation sites (N-methyl/N-ethyl adjacent to an activating group) is 1. The van der Waals surface area contributed by atoms with Crippen LogP contribution in [0.15, 0.2) is 0 Å². The van der Waals surface area contributed by atoms with Crippen molar-refractivity contribution in [1.82, 2.24) is 9.80 Å². The number of carboxylic acid groups (broad SMARTS) is 1. The van der Waals surface area contributed by atoms with Gasteiger partial charge in [0.15, 0.2) is 0 Å². The van der Waals surface area contributed by atoms with Gasteiger partial charge in [-0.15, -0.1) is 0 Å². The summed E-state index contributed by atoms with van der Waals surface area (Å²) in [4.78, 5) is 26.1. The second-order valence-electron chi connectivity index (χ2n) is 4.96. The molecule has 3 unspecified atom stereocenters. The SMILES string of the molecule is CC1CCCN(C(=O)N(C)C(C)C(=O)O)C1C. The van der Waals surface area contributed by atoms with Gasteiger partial charge in [-0.2, -0.15) is 0 Å². The zero-order chi connectivity index (χ0) is 13.2. The molecule has 5 nitrogen and oxygen atoms in total. The van der Waals surface area contributed by atoms with E-state index in [2.05, 4.69) is 6.92 Å². The second kappa shape index (κ2) is 5.38. The summed E-state index contributed by atoms with van der Waals surface area (Å²) in [7, 11) is 1.55. The summed E-state index contributed by atoms with van der Waals surface area (Å²) in [5, 5.41) is 8.91. The fourth-order valence-electron chi connectivity index (χ4n) is 2.14. The number of hydrogen-bond donors (Lipinski definition) is 1. The average molecular weight is 242 g/mol. The van der Waals surface area contributed by atoms with Gasteiger partial charge in [-0.25, -0.2) is 9.59 Å². The van der Waals surface area contributed by atoms with E-state index in [0.717, 1.165) is 19.4 Å². The summed E-state index contributed by atoms with van der Waals surface area (Å²) in [5.74, 6) is -0.500. The van der Waals surface area contributed by atoms with Crippen molar-refractivity contribution in [2.75, 3.05) is 13.6 Å². The number of likely N-dealkylation sites (tertiary alicyclic amines) is 1. The molecule has 1 aliphatic rings. The molecule has 0 radical (unpaired) electrons. The van der Waals surface area contributed by atoms with Crippen molar-refractivity contribution < 1.29 is 14.7 Å². The van der Waals surface area contributed by atoms with Crippen LogP contribution in [-0.2, 0) is 4.79 Å². The molecule has 0 spiro atoms. The lowest BCUT2D eigenvalue weighted by Crippen LogP contribution is -2.53. The monoisotopic (exact) mass is 242 g/mol. The van der Waals surface area contributed by atoms with Crippen molar-refractivity contribution in [3.8, 4) is 0 Å². The zero-order valence-corrected chi connectivity index (χ0v) is 11.0. The first-order valence-corrected chi connectivity index (χ1v) is 6.12. The van der Waals surface area contributed by atoms with Crippen LogP contribution in [0, 0.1) is 5.92 Å². The van der Waals surface area contributed by atoms with Crippen molar-refractivity contribution in [3.05, 3.63) is 0 Å². The number of carbonyl (C=O) groups excluding carboxylic acids is 1. The third kappa shape index (κ3) is 2.90. The lowest BCUT2D eigenvalue weighted by atomic mass is 9.92. The fourth-order valence-corrected chi connectivity index (χ4v) is 2.14. The predicted octanol–water partition coefficient (Wildman–Crippen LogP) is 1.63. The molecule has 5 heteroatoms. The third-order valence-corrected chi connectivity index (χ3v) is 3.86. The van der Waals surface area contributed by atoms with Crippen LogP contribution in [0.1, 0.15) is 33.6 Å². The maximum atomic E-state index is 12.2. The van der Waals surface area contributed by atoms with Crippen LogP contribution < -0.4 is 0 Å². The summed E-state index contributed by atoms with van der Waals surface area (Å²) in [6.45, 7) is 6.41. The number of aliphatic carboxylic acids is 1. The summed E-state index contributed by atoms with van der Waals surface area (Å²) in [6.07, 6.45) is 2.12. The highest BCUT2D eigenvalue weighted by Gasteiger charge is 2.32. The summed E-state index contributed by atoms with van der Waals surface area (Å²) in [5.41, 5.74) is 0. The number of piperidine rings is 1. The second-order valence-corrected chi connectivity index (χ2v) is 4.96. The molecule has 3 atom stereocenters. The molecular weight excluding hydrogens is 220 g/mol. The Kier molecular flexibility index (Phi) is 4.37. The highest BCUT2D eigenvalue weighted by molar-refractivity contribution is 5.82. The topological polar surface area (TPSA) is 60.9 Å². The predicted molar refractivity (Wildman–Crippen MR) is 64.8 cm³/mol. The molecule has 0 aliphatic carbocycles. The fraction of sp³-hybridized carbons (Fsp3) is 0.833. The average Bonchev–Trinajstić information content (AvgIpc) is 2.29. The minimum Gasteiger partial charge on any atom is -0.480 e. The van der Waals surface area contributed by atoms with Crippen LogP contribution in [0.25, 0.3) is 0 Å². The summed E-state index contributed by atoms with van der Waals surface area (Å²) in [6, 6.07) is -0.787. The van der Waals surface area contributed by atoms with Gasteiger partial charge in [0.2, 0.25) is 0 Å². The van der Waals surface area contributed by atoms with Crippen molar-refractivity contribution in [3.63, 3.8) is 0 Å². The summed E-state index contributed by atoms with van der Waals surface area (Å²) < 4.78 is 0. The van der Waals surface area contributed by atoms with Gasteiger partial charge in [-0.3, -0.25) is 0 Å². The van der Waals surface area contributed by atoms with E-state index in [1.807, 2.05) is 6.92 Å². The van der Waals surface area contributed by atoms with E-state index in [1.165, 1.54) is 11.8 Å². The first-order chi connectivity index (χ1) is 7.86. The van der Waals surface area contributed by atoms with E-state index in [9.17, 15) is 9.59 Å². The van der Waals surface area contributed by atoms with Crippen LogP contribution in [0.5, 0.6) is 0 Å². The Hall–Kier alpha value is -1.26. The van der Waals surface area contributed by atoms with Crippen molar-refractivity contribution >= 4 is 12.0 Å². The maximum absolute atomic E-state index is 12.2. The Morgan fingerprint density at radius 2 is 2.00 bits per heavy atom. The molecule has 2 amide bonds. The molecule has 0 bridgehead atoms. The molecule has 1 heterocycles. The number of rotatable bonds is 2. The standard InChI is InChI=1S/C12H22N2O3/c1-8-6-5-7-14(9(8)2)12(17)13(4)10(3)11(15)16/h8-10H,5-7H2,1-4H3,(H,15,16). The molecule has 0 aromatic heterocycles. The molecule has 1 fully saturated rings. The Morgan fingerprint density at radius 1 is 1.41 bits per heavy atom. The molecule has 98 valence electrons. The molecule has 1 saturated heterocycles. The van der Waals surface area contributed by atoms with Gasteiger partial charge in [0, 0.05) is 19.6 Å². The quantitative estimate of drug-likeness (QED) is 0.800. The van der Waals surface area contributed by atoms with Gasteiger partial charge in [0.1, 0.15) is 6.04 Å². The number of hydrogen-bond acceptors (Lipinski definition) is 2. The molecule has 0 aromatic carbocycles. The summed E-state index contributed by atoms with van der Waals surface area (Å²) >= 11 is 0. The van der Waals surface area contributed by atoms with Crippen LogP contribution in [0.3, 0.4) is 0 Å². The highest BCUT2D eigenvalue weighted by atomic mass is 16.4. The molecular formula is C12H22N2O3. The molecule has 1 N–H and O–H groups in total. The van der Waals surface area contributed by atoms with E-state index in [1.54, 1.807) is 11.9 Å². The molecule has 0 saturated carbocycles. The molecule has 1 aliphatic heterocycles. The van der Waals surface area contributed by atoms with E-state index >= 15 is 0 Å². The van der Waals surface area contributed by atoms with Crippen LogP contribution >= 0.6 is 0 Å². The normalized spacial score (nSPS) is 26.5. The lowest BCUT2D eigenvalue weighted by Gasteiger charge is -2.40. The Balaban J connectivity index is 2.71. The number of nitrogens with zero attached hydrogens (tertiary/aromatic N) is 2. The van der Waals surface area contributed by atoms with Crippen molar-refractivity contribution in [2.24, 2.45) is 5.92 Å². The highest BCUT2D eigenvalue weighted by Crippen LogP contribution is 2.24. The first-order valence-electron chi connectivity index (χ1n) is 6.12. The minimum absolute atomic E-state index is 0.180. The van der Waals surface area contributed by atoms with Crippen molar-refractivity contribution in [1.29, 1.82) is 0 Å². The molecule has 0 aromatic rings. The van der Waals surface area contributed by atoms with E-state index < -0.39 is 12.0 Å². The van der Waals surface area contributed by atoms with Crippen molar-refractivity contribution in [2.45, 2.75) is 45.7 Å². The van der Waals surface area contributed by atoms with Gasteiger partial charge in [-0.05, 0) is 32.6 Å². The molecule has 1 rings (SSSR count). The lowest BCUT2D eigenvalue weighted by molar-refractivity contribution is -0.141. The van der Waals surface area contributed by atoms with Gasteiger partial charge < -0.3 is 14.9 Å². The van der Waals surface area contributed by atoms with Crippen LogP contribution in [0.4, 0.5) is 4.79 Å². The van der Waals surface area contributed by atoms with Crippen LogP contribution in [0.2, 0.25) is 0 Å². The van der Waals surface area contributed by atoms with Gasteiger partial charge >= 0.3 is 12.0 Å². The Labute approximate surface area is 102 Å². The number of carbonyl (C=O) groups is 2. The Bertz CT molecular complexity index is 306. The number of urea groups is 1. The minimum atomic E-state index is -0.974. The van der Waals surface area contributed by atoms with Gasteiger partial charge in [0.25, 0.3) is 0 Å². The van der Waals surface area contributed by atoms with E-state index in [4.69, 9.17) is 5.11 Å². The van der Waals surface area contributed by atoms with Gasteiger partial charge in [-0.1, -0.05) is 6.92 Å². The van der Waals surface area contributed by atoms with E-state index in [0.29, 0.717) is 5.92 Å². The Morgan fingerprint density at radius 3 is 2.53 bits per heavy atom. The van der Waals surface area contributed by atoms with Gasteiger partial charge in [0.05, 0.1) is 0 Å². The first kappa shape index (κ1) is 13.8. The zero-order valence-electron chi connectivity index (χ0n) is 11.0. The van der Waals surface area contributed by atoms with E-state index in [-0.39, 0.29) is 12.1 Å². The molecule has 17 heavy (non-hydrogen) atoms. The largest absolute Gasteiger partial charge is 0.480 e. The number of amides is 2. The third-order valence-electron chi connectivity index (χ3n) is 3.86. The maximum Gasteiger partial charge on any atom is 0.326 e. The smallest absolute Gasteiger partial charge is 0.326 e. The van der Waals surface area contributed by atoms with Crippen LogP contribution in [-0.4, -0.2) is 52.6 Å².